The molecule has 0 aliphatic carbocycles. The monoisotopic (exact) mass is 340 g/mol. The number of hydrogen-bond donors (Lipinski definition) is 0. The van der Waals surface area contributed by atoms with Crippen molar-refractivity contribution in [1.82, 2.24) is 4.90 Å². The molecule has 3 atom stereocenters. The number of halogens is 3. The lowest BCUT2D eigenvalue weighted by molar-refractivity contribution is -0.137. The summed E-state index contributed by atoms with van der Waals surface area (Å²) in [6.07, 6.45) is -2.15. The lowest BCUT2D eigenvalue weighted by Crippen LogP contribution is -2.37. The van der Waals surface area contributed by atoms with Crippen molar-refractivity contribution >= 4 is 0 Å². The summed E-state index contributed by atoms with van der Waals surface area (Å²) in [5.41, 5.74) is 0.146. The van der Waals surface area contributed by atoms with Gasteiger partial charge >= 0.3 is 6.18 Å². The topological polar surface area (TPSA) is 36.3 Å². The Labute approximate surface area is 141 Å². The Bertz CT molecular complexity index is 565. The maximum atomic E-state index is 12.7. The summed E-state index contributed by atoms with van der Waals surface area (Å²) in [5.74, 6) is 0.210. The summed E-state index contributed by atoms with van der Waals surface area (Å²) in [6, 6.07) is 7.58. The zero-order chi connectivity index (χ0) is 17.7. The highest BCUT2D eigenvalue weighted by molar-refractivity contribution is 5.26. The highest BCUT2D eigenvalue weighted by Gasteiger charge is 2.32. The van der Waals surface area contributed by atoms with E-state index in [4.69, 9.17) is 10.00 Å². The Morgan fingerprint density at radius 3 is 2.58 bits per heavy atom. The molecule has 0 aromatic heterocycles. The average molecular weight is 340 g/mol. The normalized spacial score (nSPS) is 23.0. The first-order valence-corrected chi connectivity index (χ1v) is 8.19. The summed E-state index contributed by atoms with van der Waals surface area (Å²) >= 11 is 0. The number of hydrogen-bond acceptors (Lipinski definition) is 3. The Balaban J connectivity index is 2.10. The molecule has 1 heterocycles. The molecule has 1 aromatic carbocycles. The van der Waals surface area contributed by atoms with E-state index in [-0.39, 0.29) is 18.1 Å². The fraction of sp³-hybridized carbons (Fsp3) is 0.611. The first-order valence-electron chi connectivity index (χ1n) is 8.19. The van der Waals surface area contributed by atoms with E-state index in [0.29, 0.717) is 13.0 Å². The van der Waals surface area contributed by atoms with Crippen molar-refractivity contribution in [3.05, 3.63) is 35.4 Å². The number of nitriles is 1. The molecule has 132 valence electrons. The van der Waals surface area contributed by atoms with Crippen LogP contribution in [0.25, 0.3) is 0 Å². The summed E-state index contributed by atoms with van der Waals surface area (Å²) < 4.78 is 44.0. The first-order chi connectivity index (χ1) is 11.3. The molecule has 3 nitrogen and oxygen atoms in total. The maximum Gasteiger partial charge on any atom is 0.416 e. The minimum absolute atomic E-state index is 0.144. The van der Waals surface area contributed by atoms with Gasteiger partial charge in [-0.15, -0.1) is 0 Å². The smallest absolute Gasteiger partial charge is 0.373 e. The third-order valence-corrected chi connectivity index (χ3v) is 4.67. The molecule has 0 N–H and O–H groups in total. The van der Waals surface area contributed by atoms with E-state index < -0.39 is 11.7 Å². The third-order valence-electron chi connectivity index (χ3n) is 4.67. The van der Waals surface area contributed by atoms with Gasteiger partial charge in [0.15, 0.2) is 0 Å². The molecule has 1 aliphatic heterocycles. The van der Waals surface area contributed by atoms with Gasteiger partial charge < -0.3 is 9.64 Å². The zero-order valence-corrected chi connectivity index (χ0v) is 14.0. The summed E-state index contributed by atoms with van der Waals surface area (Å²) in [4.78, 5) is 2.12. The van der Waals surface area contributed by atoms with Gasteiger partial charge in [0, 0.05) is 25.1 Å². The lowest BCUT2D eigenvalue weighted by atomic mass is 9.88. The van der Waals surface area contributed by atoms with Gasteiger partial charge in [-0.2, -0.15) is 18.4 Å². The van der Waals surface area contributed by atoms with Crippen molar-refractivity contribution in [2.24, 2.45) is 5.92 Å². The highest BCUT2D eigenvalue weighted by Crippen LogP contribution is 2.36. The van der Waals surface area contributed by atoms with E-state index >= 15 is 0 Å². The van der Waals surface area contributed by atoms with Gasteiger partial charge in [0.05, 0.1) is 24.2 Å². The molecular weight excluding hydrogens is 317 g/mol. The van der Waals surface area contributed by atoms with Crippen LogP contribution in [0.4, 0.5) is 13.2 Å². The van der Waals surface area contributed by atoms with E-state index in [0.717, 1.165) is 37.1 Å². The fourth-order valence-electron chi connectivity index (χ4n) is 3.10. The molecule has 0 spiro atoms. The molecule has 1 aromatic rings. The molecule has 0 saturated carbocycles. The molecule has 24 heavy (non-hydrogen) atoms. The van der Waals surface area contributed by atoms with Crippen LogP contribution in [0, 0.1) is 17.2 Å². The molecule has 0 amide bonds. The molecule has 0 bridgehead atoms. The largest absolute Gasteiger partial charge is 0.416 e. The molecule has 2 rings (SSSR count). The number of rotatable bonds is 5. The quantitative estimate of drug-likeness (QED) is 0.797. The third kappa shape index (κ3) is 4.71. The van der Waals surface area contributed by atoms with Crippen LogP contribution in [-0.2, 0) is 10.9 Å². The molecule has 1 fully saturated rings. The standard InChI is InChI=1S/C18H23F3N2O/c1-13(9-10-22)23(2)12-15-4-3-11-24-17(15)14-5-7-16(8-6-14)18(19,20)21/h5-8,13,15,17H,3-4,9,11-12H2,1-2H3/t13?,15-,17-/m0/s1. The van der Waals surface area contributed by atoms with Crippen LogP contribution in [0.2, 0.25) is 0 Å². The first kappa shape index (κ1) is 18.8. The van der Waals surface area contributed by atoms with Gasteiger partial charge in [-0.1, -0.05) is 12.1 Å². The van der Waals surface area contributed by atoms with Crippen LogP contribution in [0.5, 0.6) is 0 Å². The Kier molecular flexibility index (Phi) is 6.25. The van der Waals surface area contributed by atoms with Crippen molar-refractivity contribution in [3.63, 3.8) is 0 Å². The molecule has 6 heteroatoms. The second kappa shape index (κ2) is 8.00. The predicted molar refractivity (Wildman–Crippen MR) is 85.2 cm³/mol. The molecular formula is C18H23F3N2O. The van der Waals surface area contributed by atoms with E-state index in [9.17, 15) is 13.2 Å². The Hall–Kier alpha value is -1.58. The molecule has 1 saturated heterocycles. The summed E-state index contributed by atoms with van der Waals surface area (Å²) in [5, 5.41) is 8.82. The van der Waals surface area contributed by atoms with E-state index in [1.165, 1.54) is 12.1 Å². The van der Waals surface area contributed by atoms with Gasteiger partial charge in [-0.3, -0.25) is 0 Å². The maximum absolute atomic E-state index is 12.7. The van der Waals surface area contributed by atoms with Crippen LogP contribution in [0.15, 0.2) is 24.3 Å². The van der Waals surface area contributed by atoms with Gasteiger partial charge in [-0.25, -0.2) is 0 Å². The predicted octanol–water partition coefficient (Wildman–Crippen LogP) is 4.41. The van der Waals surface area contributed by atoms with Crippen molar-refractivity contribution in [2.45, 2.75) is 44.5 Å². The Morgan fingerprint density at radius 1 is 1.33 bits per heavy atom. The van der Waals surface area contributed by atoms with E-state index in [1.807, 2.05) is 14.0 Å². The van der Waals surface area contributed by atoms with Crippen molar-refractivity contribution in [2.75, 3.05) is 20.2 Å². The Morgan fingerprint density at radius 2 is 2.00 bits per heavy atom. The number of nitrogens with zero attached hydrogens (tertiary/aromatic N) is 2. The van der Waals surface area contributed by atoms with Crippen LogP contribution in [0.3, 0.4) is 0 Å². The van der Waals surface area contributed by atoms with Gasteiger partial charge in [0.1, 0.15) is 0 Å². The number of alkyl halides is 3. The molecule has 1 aliphatic rings. The second-order valence-electron chi connectivity index (χ2n) is 6.46. The van der Waals surface area contributed by atoms with Crippen LogP contribution in [0.1, 0.15) is 43.4 Å². The van der Waals surface area contributed by atoms with Crippen LogP contribution >= 0.6 is 0 Å². The van der Waals surface area contributed by atoms with E-state index in [1.54, 1.807) is 0 Å². The van der Waals surface area contributed by atoms with Gasteiger partial charge in [0.25, 0.3) is 0 Å². The summed E-state index contributed by atoms with van der Waals surface area (Å²) in [6.45, 7) is 3.38. The molecule has 1 unspecified atom stereocenters. The fourth-order valence-corrected chi connectivity index (χ4v) is 3.10. The SMILES string of the molecule is CC(CC#N)N(C)C[C@@H]1CCCO[C@H]1c1ccc(C(F)(F)F)cc1. The van der Waals surface area contributed by atoms with Crippen molar-refractivity contribution in [3.8, 4) is 6.07 Å². The number of ether oxygens (including phenoxy) is 1. The van der Waals surface area contributed by atoms with Gasteiger partial charge in [-0.05, 0) is 44.5 Å². The zero-order valence-electron chi connectivity index (χ0n) is 14.0. The minimum atomic E-state index is -4.32. The van der Waals surface area contributed by atoms with Crippen molar-refractivity contribution in [1.29, 1.82) is 5.26 Å². The van der Waals surface area contributed by atoms with E-state index in [2.05, 4.69) is 11.0 Å². The number of benzene rings is 1. The lowest BCUT2D eigenvalue weighted by Gasteiger charge is -2.36. The van der Waals surface area contributed by atoms with Crippen LogP contribution < -0.4 is 0 Å². The summed E-state index contributed by atoms with van der Waals surface area (Å²) in [7, 11) is 1.97. The van der Waals surface area contributed by atoms with Crippen LogP contribution in [-0.4, -0.2) is 31.1 Å². The second-order valence-corrected chi connectivity index (χ2v) is 6.46. The minimum Gasteiger partial charge on any atom is -0.373 e. The molecule has 0 radical (unpaired) electrons. The average Bonchev–Trinajstić information content (AvgIpc) is 2.55. The van der Waals surface area contributed by atoms with Gasteiger partial charge in [0.2, 0.25) is 0 Å². The highest BCUT2D eigenvalue weighted by atomic mass is 19.4. The van der Waals surface area contributed by atoms with Crippen molar-refractivity contribution < 1.29 is 17.9 Å².